The van der Waals surface area contributed by atoms with E-state index in [9.17, 15) is 22.8 Å². The molecule has 1 amide bonds. The molecule has 0 unspecified atom stereocenters. The summed E-state index contributed by atoms with van der Waals surface area (Å²) in [5, 5.41) is 13.1. The Bertz CT molecular complexity index is 812. The highest BCUT2D eigenvalue weighted by Crippen LogP contribution is 2.32. The number of carbonyl (C=O) groups is 2. The van der Waals surface area contributed by atoms with E-state index in [-0.39, 0.29) is 29.5 Å². The maximum Gasteiger partial charge on any atom is 0.416 e. The summed E-state index contributed by atoms with van der Waals surface area (Å²) in [6.07, 6.45) is -3.37. The quantitative estimate of drug-likeness (QED) is 0.913. The van der Waals surface area contributed by atoms with E-state index in [0.29, 0.717) is 0 Å². The second-order valence-corrected chi connectivity index (χ2v) is 5.47. The van der Waals surface area contributed by atoms with Gasteiger partial charge in [0.2, 0.25) is 0 Å². The van der Waals surface area contributed by atoms with Crippen molar-refractivity contribution < 1.29 is 27.9 Å². The predicted molar refractivity (Wildman–Crippen MR) is 77.0 cm³/mol. The monoisotopic (exact) mass is 339 g/mol. The fourth-order valence-electron chi connectivity index (χ4n) is 2.67. The van der Waals surface area contributed by atoms with Crippen LogP contribution < -0.4 is 4.90 Å². The SMILES string of the molecule is C[C@H]1CN(c2ccc(C(F)(F)F)cc2)C(=O)c2c(C(=O)O)cnn21. The Labute approximate surface area is 134 Å². The van der Waals surface area contributed by atoms with Crippen LogP contribution in [0.5, 0.6) is 0 Å². The van der Waals surface area contributed by atoms with Crippen molar-refractivity contribution in [2.24, 2.45) is 0 Å². The molecule has 0 saturated carbocycles. The maximum absolute atomic E-state index is 12.6. The van der Waals surface area contributed by atoms with Crippen LogP contribution in [0.4, 0.5) is 18.9 Å². The zero-order valence-electron chi connectivity index (χ0n) is 12.4. The third kappa shape index (κ3) is 2.51. The van der Waals surface area contributed by atoms with Crippen LogP contribution in [-0.2, 0) is 6.18 Å². The number of hydrogen-bond donors (Lipinski definition) is 1. The molecule has 0 aliphatic carbocycles. The molecule has 6 nitrogen and oxygen atoms in total. The number of carboxylic acids is 1. The van der Waals surface area contributed by atoms with Gasteiger partial charge in [-0.1, -0.05) is 0 Å². The lowest BCUT2D eigenvalue weighted by Crippen LogP contribution is -2.43. The number of carboxylic acid groups (broad SMARTS) is 1. The molecule has 126 valence electrons. The number of anilines is 1. The molecule has 2 heterocycles. The van der Waals surface area contributed by atoms with Gasteiger partial charge in [-0.3, -0.25) is 9.48 Å². The third-order valence-corrected chi connectivity index (χ3v) is 3.84. The summed E-state index contributed by atoms with van der Waals surface area (Å²) in [7, 11) is 0. The number of halogens is 3. The lowest BCUT2D eigenvalue weighted by atomic mass is 10.1. The fourth-order valence-corrected chi connectivity index (χ4v) is 2.67. The Kier molecular flexibility index (Phi) is 3.58. The van der Waals surface area contributed by atoms with Crippen molar-refractivity contribution in [2.75, 3.05) is 11.4 Å². The third-order valence-electron chi connectivity index (χ3n) is 3.84. The number of fused-ring (bicyclic) bond motifs is 1. The number of hydrogen-bond acceptors (Lipinski definition) is 3. The van der Waals surface area contributed by atoms with Crippen molar-refractivity contribution in [1.29, 1.82) is 0 Å². The standard InChI is InChI=1S/C15H12F3N3O3/c1-8-7-20(10-4-2-9(3-5-10)15(16,17)18)13(22)12-11(14(23)24)6-19-21(8)12/h2-6,8H,7H2,1H3,(H,23,24)/t8-/m0/s1. The van der Waals surface area contributed by atoms with Crippen LogP contribution in [0.2, 0.25) is 0 Å². The predicted octanol–water partition coefficient (Wildman–Crippen LogP) is 2.82. The minimum Gasteiger partial charge on any atom is -0.478 e. The molecule has 0 fully saturated rings. The van der Waals surface area contributed by atoms with Gasteiger partial charge >= 0.3 is 12.1 Å². The number of nitrogens with zero attached hydrogens (tertiary/aromatic N) is 3. The molecule has 1 atom stereocenters. The zero-order valence-corrected chi connectivity index (χ0v) is 12.4. The van der Waals surface area contributed by atoms with Gasteiger partial charge in [-0.05, 0) is 31.2 Å². The van der Waals surface area contributed by atoms with Crippen LogP contribution >= 0.6 is 0 Å². The molecule has 1 aromatic carbocycles. The van der Waals surface area contributed by atoms with E-state index >= 15 is 0 Å². The summed E-state index contributed by atoms with van der Waals surface area (Å²) >= 11 is 0. The smallest absolute Gasteiger partial charge is 0.416 e. The normalized spacial score (nSPS) is 17.8. The van der Waals surface area contributed by atoms with Gasteiger partial charge in [0.25, 0.3) is 5.91 Å². The van der Waals surface area contributed by atoms with Crippen molar-refractivity contribution in [1.82, 2.24) is 9.78 Å². The molecular weight excluding hydrogens is 327 g/mol. The molecule has 0 saturated heterocycles. The Balaban J connectivity index is 2.00. The summed E-state index contributed by atoms with van der Waals surface area (Å²) in [4.78, 5) is 25.1. The summed E-state index contributed by atoms with van der Waals surface area (Å²) in [5.74, 6) is -1.89. The van der Waals surface area contributed by atoms with E-state index in [2.05, 4.69) is 5.10 Å². The van der Waals surface area contributed by atoms with E-state index in [1.54, 1.807) is 6.92 Å². The molecule has 1 N–H and O–H groups in total. The minimum atomic E-state index is -4.47. The van der Waals surface area contributed by atoms with Crippen molar-refractivity contribution in [3.05, 3.63) is 47.3 Å². The van der Waals surface area contributed by atoms with E-state index in [0.717, 1.165) is 18.3 Å². The van der Waals surface area contributed by atoms with Crippen LogP contribution in [0.3, 0.4) is 0 Å². The largest absolute Gasteiger partial charge is 0.478 e. The van der Waals surface area contributed by atoms with Crippen molar-refractivity contribution in [3.63, 3.8) is 0 Å². The molecular formula is C15H12F3N3O3. The van der Waals surface area contributed by atoms with Crippen LogP contribution in [0.25, 0.3) is 0 Å². The van der Waals surface area contributed by atoms with E-state index in [1.165, 1.54) is 21.7 Å². The first-order chi connectivity index (χ1) is 11.2. The van der Waals surface area contributed by atoms with Gasteiger partial charge < -0.3 is 10.0 Å². The Hall–Kier alpha value is -2.84. The summed E-state index contributed by atoms with van der Waals surface area (Å²) in [5.41, 5.74) is -0.867. The molecule has 1 aliphatic heterocycles. The van der Waals surface area contributed by atoms with E-state index in [1.807, 2.05) is 0 Å². The van der Waals surface area contributed by atoms with Crippen LogP contribution in [-0.4, -0.2) is 33.3 Å². The van der Waals surface area contributed by atoms with Crippen LogP contribution in [0.15, 0.2) is 30.5 Å². The highest BCUT2D eigenvalue weighted by Gasteiger charge is 2.36. The van der Waals surface area contributed by atoms with Gasteiger partial charge in [-0.2, -0.15) is 18.3 Å². The zero-order chi connectivity index (χ0) is 17.6. The van der Waals surface area contributed by atoms with E-state index in [4.69, 9.17) is 5.11 Å². The van der Waals surface area contributed by atoms with E-state index < -0.39 is 23.6 Å². The number of aromatic nitrogens is 2. The first-order valence-electron chi connectivity index (χ1n) is 7.00. The molecule has 3 rings (SSSR count). The summed E-state index contributed by atoms with van der Waals surface area (Å²) < 4.78 is 39.2. The number of benzene rings is 1. The Morgan fingerprint density at radius 1 is 1.29 bits per heavy atom. The second-order valence-electron chi connectivity index (χ2n) is 5.47. The fraction of sp³-hybridized carbons (Fsp3) is 0.267. The first-order valence-corrected chi connectivity index (χ1v) is 7.00. The molecule has 0 bridgehead atoms. The van der Waals surface area contributed by atoms with Gasteiger partial charge in [0.05, 0.1) is 17.8 Å². The average Bonchev–Trinajstić information content (AvgIpc) is 2.96. The number of amides is 1. The molecule has 2 aromatic rings. The van der Waals surface area contributed by atoms with Crippen molar-refractivity contribution in [3.8, 4) is 0 Å². The van der Waals surface area contributed by atoms with Crippen molar-refractivity contribution in [2.45, 2.75) is 19.1 Å². The molecule has 1 aromatic heterocycles. The lowest BCUT2D eigenvalue weighted by molar-refractivity contribution is -0.137. The van der Waals surface area contributed by atoms with Gasteiger partial charge in [-0.15, -0.1) is 0 Å². The second kappa shape index (κ2) is 5.36. The van der Waals surface area contributed by atoms with Gasteiger partial charge in [-0.25, -0.2) is 4.79 Å². The Morgan fingerprint density at radius 3 is 2.46 bits per heavy atom. The maximum atomic E-state index is 12.6. The van der Waals surface area contributed by atoms with Gasteiger partial charge in [0.15, 0.2) is 0 Å². The van der Waals surface area contributed by atoms with Crippen LogP contribution in [0.1, 0.15) is 39.4 Å². The molecule has 0 spiro atoms. The molecule has 1 aliphatic rings. The van der Waals surface area contributed by atoms with Gasteiger partial charge in [0.1, 0.15) is 11.3 Å². The first kappa shape index (κ1) is 16.0. The lowest BCUT2D eigenvalue weighted by Gasteiger charge is -2.32. The average molecular weight is 339 g/mol. The molecule has 9 heteroatoms. The number of rotatable bonds is 2. The van der Waals surface area contributed by atoms with Gasteiger partial charge in [0, 0.05) is 12.2 Å². The topological polar surface area (TPSA) is 75.4 Å². The van der Waals surface area contributed by atoms with Crippen LogP contribution in [0, 0.1) is 0 Å². The molecule has 0 radical (unpaired) electrons. The minimum absolute atomic E-state index is 0.0823. The summed E-state index contributed by atoms with van der Waals surface area (Å²) in [6.45, 7) is 1.92. The van der Waals surface area contributed by atoms with Crippen molar-refractivity contribution >= 4 is 17.6 Å². The highest BCUT2D eigenvalue weighted by molar-refractivity contribution is 6.11. The number of aromatic carboxylic acids is 1. The molecule has 24 heavy (non-hydrogen) atoms. The summed E-state index contributed by atoms with van der Waals surface area (Å²) in [6, 6.07) is 3.85. The highest BCUT2D eigenvalue weighted by atomic mass is 19.4. The Morgan fingerprint density at radius 2 is 1.92 bits per heavy atom. The number of alkyl halides is 3. The number of carbonyl (C=O) groups excluding carboxylic acids is 1.